The van der Waals surface area contributed by atoms with Gasteiger partial charge < -0.3 is 43.4 Å². The maximum Gasteiger partial charge on any atom is 0.320 e. The minimum Gasteiger partial charge on any atom is -0.480 e. The number of rotatable bonds is 4. The standard InChI is InChI=1S/2C3H7NO2.2C2H5NO2/c2*1-2(4)3(5)6;2*3-1-2(4)5/h2*2H,4H2,1H3,(H,5,6);2*1,3H2,(H,4,5). The minimum atomic E-state index is -0.968. The molecule has 0 aromatic rings. The Balaban J connectivity index is -0.0000000986. The Kier molecular flexibility index (Phi) is 23.8. The van der Waals surface area contributed by atoms with E-state index >= 15 is 0 Å². The topological polar surface area (TPSA) is 253 Å². The summed E-state index contributed by atoms with van der Waals surface area (Å²) in [6, 6.07) is -1.46. The third-order valence-electron chi connectivity index (χ3n) is 1.13. The van der Waals surface area contributed by atoms with Crippen LogP contribution in [0.25, 0.3) is 0 Å². The highest BCUT2D eigenvalue weighted by molar-refractivity contribution is 5.72. The van der Waals surface area contributed by atoms with Gasteiger partial charge >= 0.3 is 23.9 Å². The highest BCUT2D eigenvalue weighted by atomic mass is 16.4. The molecule has 132 valence electrons. The highest BCUT2D eigenvalue weighted by Gasteiger charge is 2.00. The zero-order valence-corrected chi connectivity index (χ0v) is 12.3. The molecule has 0 aliphatic carbocycles. The van der Waals surface area contributed by atoms with Crippen molar-refractivity contribution in [1.82, 2.24) is 0 Å². The zero-order valence-electron chi connectivity index (χ0n) is 12.3. The van der Waals surface area contributed by atoms with Crippen LogP contribution in [0.1, 0.15) is 13.8 Å². The third-order valence-corrected chi connectivity index (χ3v) is 1.13. The van der Waals surface area contributed by atoms with Gasteiger partial charge in [-0.05, 0) is 13.8 Å². The molecular weight excluding hydrogens is 304 g/mol. The number of carbonyl (C=O) groups is 4. The van der Waals surface area contributed by atoms with Crippen LogP contribution in [0.2, 0.25) is 0 Å². The van der Waals surface area contributed by atoms with Gasteiger partial charge in [0.15, 0.2) is 0 Å². The first-order valence-corrected chi connectivity index (χ1v) is 5.63. The minimum absolute atomic E-state index is 0.278. The molecule has 12 N–H and O–H groups in total. The van der Waals surface area contributed by atoms with Crippen LogP contribution < -0.4 is 22.9 Å². The van der Waals surface area contributed by atoms with Crippen LogP contribution in [0.5, 0.6) is 0 Å². The van der Waals surface area contributed by atoms with Gasteiger partial charge in [0.05, 0.1) is 13.1 Å². The maximum absolute atomic E-state index is 9.57. The molecule has 0 aliphatic heterocycles. The quantitative estimate of drug-likeness (QED) is 0.255. The molecule has 12 heteroatoms. The first kappa shape index (κ1) is 28.0. The molecule has 0 saturated heterocycles. The van der Waals surface area contributed by atoms with E-state index in [4.69, 9.17) is 31.9 Å². The molecule has 0 aliphatic rings. The lowest BCUT2D eigenvalue weighted by Gasteiger charge is -1.90. The molecule has 0 rings (SSSR count). The molecule has 0 radical (unpaired) electrons. The molecule has 0 aromatic heterocycles. The summed E-state index contributed by atoms with van der Waals surface area (Å²) in [4.78, 5) is 37.6. The van der Waals surface area contributed by atoms with Gasteiger partial charge in [-0.3, -0.25) is 19.2 Å². The van der Waals surface area contributed by atoms with E-state index in [-0.39, 0.29) is 13.1 Å². The van der Waals surface area contributed by atoms with E-state index < -0.39 is 36.0 Å². The van der Waals surface area contributed by atoms with Gasteiger partial charge in [0.1, 0.15) is 12.1 Å². The lowest BCUT2D eigenvalue weighted by Crippen LogP contribution is -2.25. The number of nitrogens with two attached hydrogens (primary N) is 4. The number of hydrogen-bond donors (Lipinski definition) is 8. The van der Waals surface area contributed by atoms with Crippen LogP contribution in [0.15, 0.2) is 0 Å². The number of carboxylic acids is 4. The van der Waals surface area contributed by atoms with Gasteiger partial charge in [-0.2, -0.15) is 0 Å². The van der Waals surface area contributed by atoms with E-state index in [1.54, 1.807) is 0 Å². The van der Waals surface area contributed by atoms with Crippen LogP contribution in [-0.4, -0.2) is 69.5 Å². The van der Waals surface area contributed by atoms with Crippen molar-refractivity contribution in [3.8, 4) is 0 Å². The smallest absolute Gasteiger partial charge is 0.320 e. The molecule has 0 saturated carbocycles. The van der Waals surface area contributed by atoms with Crippen molar-refractivity contribution in [3.05, 3.63) is 0 Å². The fraction of sp³-hybridized carbons (Fsp3) is 0.600. The van der Waals surface area contributed by atoms with Crippen molar-refractivity contribution in [2.45, 2.75) is 25.9 Å². The predicted octanol–water partition coefficient (Wildman–Crippen LogP) is -3.10. The van der Waals surface area contributed by atoms with Crippen LogP contribution >= 0.6 is 0 Å². The van der Waals surface area contributed by atoms with E-state index in [1.807, 2.05) is 0 Å². The second kappa shape index (κ2) is 18.7. The molecule has 2 atom stereocenters. The normalized spacial score (nSPS) is 10.8. The first-order valence-electron chi connectivity index (χ1n) is 5.63. The number of aliphatic carboxylic acids is 4. The van der Waals surface area contributed by atoms with E-state index in [0.717, 1.165) is 0 Å². The second-order valence-electron chi connectivity index (χ2n) is 3.45. The summed E-state index contributed by atoms with van der Waals surface area (Å²) in [5.74, 6) is -3.86. The maximum atomic E-state index is 9.57. The van der Waals surface area contributed by atoms with Gasteiger partial charge in [0, 0.05) is 0 Å². The molecule has 0 amide bonds. The molecule has 22 heavy (non-hydrogen) atoms. The fourth-order valence-corrected chi connectivity index (χ4v) is 0. The Labute approximate surface area is 126 Å². The Hall–Kier alpha value is -2.28. The van der Waals surface area contributed by atoms with E-state index in [1.165, 1.54) is 13.8 Å². The van der Waals surface area contributed by atoms with Crippen LogP contribution in [0.4, 0.5) is 0 Å². The summed E-state index contributed by atoms with van der Waals surface area (Å²) in [6.45, 7) is 2.28. The van der Waals surface area contributed by atoms with Crippen LogP contribution in [-0.2, 0) is 19.2 Å². The van der Waals surface area contributed by atoms with Gasteiger partial charge in [-0.15, -0.1) is 0 Å². The lowest BCUT2D eigenvalue weighted by atomic mass is 10.4. The summed E-state index contributed by atoms with van der Waals surface area (Å²) in [5, 5.41) is 30.9. The van der Waals surface area contributed by atoms with Gasteiger partial charge in [-0.1, -0.05) is 0 Å². The predicted molar refractivity (Wildman–Crippen MR) is 76.0 cm³/mol. The largest absolute Gasteiger partial charge is 0.480 e. The molecule has 0 bridgehead atoms. The van der Waals surface area contributed by atoms with Crippen molar-refractivity contribution in [2.24, 2.45) is 22.9 Å². The lowest BCUT2D eigenvalue weighted by molar-refractivity contribution is -0.139. The first-order chi connectivity index (χ1) is 9.83. The Bertz CT molecular complexity index is 301. The third kappa shape index (κ3) is 52.4. The molecule has 0 fully saturated rings. The summed E-state index contributed by atoms with van der Waals surface area (Å²) in [7, 11) is 0. The van der Waals surface area contributed by atoms with Crippen molar-refractivity contribution < 1.29 is 39.6 Å². The van der Waals surface area contributed by atoms with Crippen molar-refractivity contribution in [2.75, 3.05) is 13.1 Å². The molecule has 0 spiro atoms. The average Bonchev–Trinajstić information content (AvgIpc) is 2.40. The molecule has 12 nitrogen and oxygen atoms in total. The van der Waals surface area contributed by atoms with Gasteiger partial charge in [-0.25, -0.2) is 0 Å². The monoisotopic (exact) mass is 328 g/mol. The van der Waals surface area contributed by atoms with E-state index in [2.05, 4.69) is 11.5 Å². The molecule has 0 aromatic carbocycles. The van der Waals surface area contributed by atoms with Crippen molar-refractivity contribution in [1.29, 1.82) is 0 Å². The Morgan fingerprint density at radius 3 is 0.818 bits per heavy atom. The van der Waals surface area contributed by atoms with Gasteiger partial charge in [0.2, 0.25) is 0 Å². The number of hydrogen-bond acceptors (Lipinski definition) is 8. The fourth-order valence-electron chi connectivity index (χ4n) is 0. The molecular formula is C10H24N4O8. The highest BCUT2D eigenvalue weighted by Crippen LogP contribution is 1.68. The summed E-state index contributed by atoms with van der Waals surface area (Å²) >= 11 is 0. The summed E-state index contributed by atoms with van der Waals surface area (Å²) < 4.78 is 0. The molecule has 0 heterocycles. The van der Waals surface area contributed by atoms with Crippen molar-refractivity contribution in [3.63, 3.8) is 0 Å². The zero-order chi connectivity index (χ0) is 18.9. The van der Waals surface area contributed by atoms with Crippen LogP contribution in [0, 0.1) is 0 Å². The Morgan fingerprint density at radius 1 is 0.727 bits per heavy atom. The second-order valence-corrected chi connectivity index (χ2v) is 3.45. The van der Waals surface area contributed by atoms with Gasteiger partial charge in [0.25, 0.3) is 0 Å². The summed E-state index contributed by atoms with van der Waals surface area (Å²) in [5.41, 5.74) is 18.8. The van der Waals surface area contributed by atoms with E-state index in [9.17, 15) is 19.2 Å². The Morgan fingerprint density at radius 2 is 0.818 bits per heavy atom. The number of carboxylic acid groups (broad SMARTS) is 4. The molecule has 2 unspecified atom stereocenters. The average molecular weight is 328 g/mol. The van der Waals surface area contributed by atoms with Crippen molar-refractivity contribution >= 4 is 23.9 Å². The van der Waals surface area contributed by atoms with Crippen LogP contribution in [0.3, 0.4) is 0 Å². The summed E-state index contributed by atoms with van der Waals surface area (Å²) in [6.07, 6.45) is 0. The SMILES string of the molecule is CC(N)C(=O)O.CC(N)C(=O)O.NCC(=O)O.NCC(=O)O. The van der Waals surface area contributed by atoms with E-state index in [0.29, 0.717) is 0 Å².